The number of carbonyl (C=O) groups excluding carboxylic acids is 1. The number of aryl methyl sites for hydroxylation is 2. The highest BCUT2D eigenvalue weighted by Gasteiger charge is 2.18. The lowest BCUT2D eigenvalue weighted by atomic mass is 10.0. The quantitative estimate of drug-likeness (QED) is 0.0777. The normalized spacial score (nSPS) is 10.8. The molecule has 0 radical (unpaired) electrons. The average Bonchev–Trinajstić information content (AvgIpc) is 3.54. The molecule has 0 unspecified atom stereocenters. The van der Waals surface area contributed by atoms with Gasteiger partial charge in [0.15, 0.2) is 0 Å². The van der Waals surface area contributed by atoms with E-state index in [4.69, 9.17) is 23.7 Å². The highest BCUT2D eigenvalue weighted by Crippen LogP contribution is 2.39. The highest BCUT2D eigenvalue weighted by atomic mass is 32.1. The van der Waals surface area contributed by atoms with Gasteiger partial charge in [-0.3, -0.25) is 0 Å². The maximum Gasteiger partial charge on any atom is 0.341 e. The van der Waals surface area contributed by atoms with Crippen molar-refractivity contribution in [1.82, 2.24) is 4.37 Å². The first kappa shape index (κ1) is 33.5. The number of aromatic nitrogens is 1. The van der Waals surface area contributed by atoms with Crippen LogP contribution in [-0.4, -0.2) is 30.7 Å². The molecule has 0 spiro atoms. The summed E-state index contributed by atoms with van der Waals surface area (Å²) < 4.78 is 34.7. The number of carbonyl (C=O) groups is 1. The number of hydrogen-bond acceptors (Lipinski definition) is 8. The van der Waals surface area contributed by atoms with Crippen LogP contribution in [-0.2, 0) is 24.2 Å². The van der Waals surface area contributed by atoms with Crippen LogP contribution >= 0.6 is 11.5 Å². The van der Waals surface area contributed by atoms with Crippen LogP contribution in [0, 0.1) is 6.92 Å². The van der Waals surface area contributed by atoms with E-state index < -0.39 is 5.97 Å². The number of methoxy groups -OCH3 is 1. The molecule has 1 aromatic heterocycles. The molecule has 0 amide bonds. The smallest absolute Gasteiger partial charge is 0.341 e. The van der Waals surface area contributed by atoms with Gasteiger partial charge in [0.2, 0.25) is 0 Å². The highest BCUT2D eigenvalue weighted by molar-refractivity contribution is 7.09. The van der Waals surface area contributed by atoms with Crippen molar-refractivity contribution in [3.63, 3.8) is 0 Å². The second-order valence-corrected chi connectivity index (χ2v) is 11.8. The van der Waals surface area contributed by atoms with Gasteiger partial charge in [-0.1, -0.05) is 68.8 Å². The summed E-state index contributed by atoms with van der Waals surface area (Å²) in [5.74, 6) is 3.00. The van der Waals surface area contributed by atoms with Gasteiger partial charge in [-0.15, -0.1) is 0 Å². The van der Waals surface area contributed by atoms with E-state index in [-0.39, 0.29) is 0 Å². The molecule has 47 heavy (non-hydrogen) atoms. The lowest BCUT2D eigenvalue weighted by Crippen LogP contribution is -2.08. The maximum atomic E-state index is 12.3. The molecule has 244 valence electrons. The molecule has 7 nitrogen and oxygen atoms in total. The van der Waals surface area contributed by atoms with E-state index >= 15 is 0 Å². The molecule has 0 bridgehead atoms. The van der Waals surface area contributed by atoms with Gasteiger partial charge in [-0.2, -0.15) is 4.37 Å². The summed E-state index contributed by atoms with van der Waals surface area (Å²) in [5, 5.41) is 0. The molecule has 0 saturated carbocycles. The molecule has 0 N–H and O–H groups in total. The SMILES string of the molecule is CCCc1c(OCCCOc2cc(OCc3ccccc3)c(-c3cc(C)ns3)cc2CC)cccc1Oc1ccccc1C(=O)OC. The molecule has 0 atom stereocenters. The topological polar surface area (TPSA) is 76.1 Å². The van der Waals surface area contributed by atoms with E-state index in [9.17, 15) is 4.79 Å². The standard InChI is InChI=1S/C39H41NO6S/c1-5-14-30-33(19-12-20-34(30)46-35-18-11-10-17-31(35)39(41)42-4)43-21-13-22-44-36-25-37(45-26-28-15-8-7-9-16-28)32(24-29(36)6-2)38-23-27(3)40-47-38/h7-12,15-20,23-25H,5-6,13-14,21-22,26H2,1-4H3. The van der Waals surface area contributed by atoms with E-state index in [1.54, 1.807) is 18.2 Å². The van der Waals surface area contributed by atoms with Gasteiger partial charge in [0.05, 0.1) is 30.9 Å². The van der Waals surface area contributed by atoms with Crippen molar-refractivity contribution >= 4 is 17.5 Å². The van der Waals surface area contributed by atoms with Crippen LogP contribution in [0.25, 0.3) is 10.4 Å². The van der Waals surface area contributed by atoms with Gasteiger partial charge >= 0.3 is 5.97 Å². The van der Waals surface area contributed by atoms with Crippen molar-refractivity contribution in [1.29, 1.82) is 0 Å². The summed E-state index contributed by atoms with van der Waals surface area (Å²) in [6.07, 6.45) is 3.17. The second-order valence-electron chi connectivity index (χ2n) is 11.0. The van der Waals surface area contributed by atoms with Crippen LogP contribution < -0.4 is 18.9 Å². The zero-order valence-corrected chi connectivity index (χ0v) is 28.2. The maximum absolute atomic E-state index is 12.3. The fraction of sp³-hybridized carbons (Fsp3) is 0.282. The van der Waals surface area contributed by atoms with Crippen molar-refractivity contribution < 1.29 is 28.5 Å². The Balaban J connectivity index is 1.26. The molecule has 0 saturated heterocycles. The van der Waals surface area contributed by atoms with Crippen LogP contribution in [0.1, 0.15) is 59.4 Å². The van der Waals surface area contributed by atoms with Crippen LogP contribution in [0.4, 0.5) is 0 Å². The number of benzene rings is 4. The van der Waals surface area contributed by atoms with Gasteiger partial charge in [0.1, 0.15) is 40.9 Å². The minimum absolute atomic E-state index is 0.371. The van der Waals surface area contributed by atoms with Crippen LogP contribution in [0.15, 0.2) is 91.0 Å². The van der Waals surface area contributed by atoms with Gasteiger partial charge in [-0.25, -0.2) is 4.79 Å². The molecule has 8 heteroatoms. The Morgan fingerprint density at radius 2 is 1.49 bits per heavy atom. The Hall–Kier alpha value is -4.82. The molecular weight excluding hydrogens is 610 g/mol. The van der Waals surface area contributed by atoms with Gasteiger partial charge in [-0.05, 0) is 78.8 Å². The Labute approximate surface area is 281 Å². The van der Waals surface area contributed by atoms with Crippen molar-refractivity contribution in [3.05, 3.63) is 119 Å². The molecule has 0 aliphatic carbocycles. The molecule has 0 aliphatic rings. The zero-order valence-electron chi connectivity index (χ0n) is 27.4. The number of ether oxygens (including phenoxy) is 5. The fourth-order valence-electron chi connectivity index (χ4n) is 5.20. The van der Waals surface area contributed by atoms with Gasteiger partial charge < -0.3 is 23.7 Å². The lowest BCUT2D eigenvalue weighted by molar-refractivity contribution is 0.0598. The molecule has 5 aromatic rings. The van der Waals surface area contributed by atoms with E-state index in [1.807, 2.05) is 55.5 Å². The summed E-state index contributed by atoms with van der Waals surface area (Å²) in [7, 11) is 1.36. The van der Waals surface area contributed by atoms with Crippen molar-refractivity contribution in [2.45, 2.75) is 53.1 Å². The predicted octanol–water partition coefficient (Wildman–Crippen LogP) is 9.64. The van der Waals surface area contributed by atoms with Gasteiger partial charge in [0, 0.05) is 23.6 Å². The number of rotatable bonds is 16. The van der Waals surface area contributed by atoms with Gasteiger partial charge in [0.25, 0.3) is 0 Å². The molecule has 4 aromatic carbocycles. The Morgan fingerprint density at radius 3 is 2.21 bits per heavy atom. The van der Waals surface area contributed by atoms with Crippen LogP contribution in [0.5, 0.6) is 28.7 Å². The first-order valence-electron chi connectivity index (χ1n) is 16.0. The summed E-state index contributed by atoms with van der Waals surface area (Å²) in [5.41, 5.74) is 5.56. The fourth-order valence-corrected chi connectivity index (χ4v) is 5.98. The van der Waals surface area contributed by atoms with E-state index in [0.29, 0.717) is 43.3 Å². The van der Waals surface area contributed by atoms with Crippen molar-refractivity contribution in [2.75, 3.05) is 20.3 Å². The molecule has 5 rings (SSSR count). The van der Waals surface area contributed by atoms with E-state index in [0.717, 1.165) is 69.3 Å². The third kappa shape index (κ3) is 8.71. The predicted molar refractivity (Wildman–Crippen MR) is 186 cm³/mol. The third-order valence-electron chi connectivity index (χ3n) is 7.58. The monoisotopic (exact) mass is 651 g/mol. The zero-order chi connectivity index (χ0) is 33.0. The van der Waals surface area contributed by atoms with Crippen molar-refractivity contribution in [3.8, 4) is 39.2 Å². The summed E-state index contributed by atoms with van der Waals surface area (Å²) in [6, 6.07) is 29.3. The molecular formula is C39H41NO6S. The first-order chi connectivity index (χ1) is 23.0. The number of para-hydroxylation sites is 1. The van der Waals surface area contributed by atoms with Crippen molar-refractivity contribution in [2.24, 2.45) is 0 Å². The van der Waals surface area contributed by atoms with E-state index in [1.165, 1.54) is 18.6 Å². The number of hydrogen-bond donors (Lipinski definition) is 0. The summed E-state index contributed by atoms with van der Waals surface area (Å²) in [6.45, 7) is 7.66. The minimum Gasteiger partial charge on any atom is -0.493 e. The Morgan fingerprint density at radius 1 is 0.766 bits per heavy atom. The summed E-state index contributed by atoms with van der Waals surface area (Å²) >= 11 is 1.48. The molecule has 0 aliphatic heterocycles. The Bertz CT molecular complexity index is 1770. The Kier molecular flexibility index (Phi) is 11.9. The number of esters is 1. The summed E-state index contributed by atoms with van der Waals surface area (Å²) in [4.78, 5) is 13.4. The van der Waals surface area contributed by atoms with Crippen LogP contribution in [0.2, 0.25) is 0 Å². The third-order valence-corrected chi connectivity index (χ3v) is 8.49. The second kappa shape index (κ2) is 16.7. The molecule has 1 heterocycles. The van der Waals surface area contributed by atoms with Crippen LogP contribution in [0.3, 0.4) is 0 Å². The number of nitrogens with zero attached hydrogens (tertiary/aromatic N) is 1. The lowest BCUT2D eigenvalue weighted by Gasteiger charge is -2.18. The van der Waals surface area contributed by atoms with E-state index in [2.05, 4.69) is 42.5 Å². The molecule has 0 fully saturated rings. The first-order valence-corrected chi connectivity index (χ1v) is 16.8. The minimum atomic E-state index is -0.445. The largest absolute Gasteiger partial charge is 0.493 e. The average molecular weight is 652 g/mol.